The zero-order valence-electron chi connectivity index (χ0n) is 6.59. The van der Waals surface area contributed by atoms with Gasteiger partial charge in [-0.3, -0.25) is 0 Å². The molecule has 0 spiro atoms. The molecule has 0 aliphatic rings. The lowest BCUT2D eigenvalue weighted by Crippen LogP contribution is -2.26. The first-order valence-corrected chi connectivity index (χ1v) is 3.30. The van der Waals surface area contributed by atoms with Crippen LogP contribution in [0.1, 0.15) is 20.8 Å². The monoisotopic (exact) mass is 132 g/mol. The molecule has 9 heavy (non-hydrogen) atoms. The van der Waals surface area contributed by atoms with Crippen molar-refractivity contribution in [3.63, 3.8) is 0 Å². The van der Waals surface area contributed by atoms with E-state index >= 15 is 0 Å². The minimum absolute atomic E-state index is 0.144. The van der Waals surface area contributed by atoms with Crippen LogP contribution in [0.2, 0.25) is 0 Å². The predicted octanol–water partition coefficient (Wildman–Crippen LogP) is 1.04. The molecule has 0 heterocycles. The first-order chi connectivity index (χ1) is 4.09. The molecule has 0 fully saturated rings. The van der Waals surface area contributed by atoms with E-state index in [-0.39, 0.29) is 18.1 Å². The summed E-state index contributed by atoms with van der Waals surface area (Å²) >= 11 is 0. The summed E-state index contributed by atoms with van der Waals surface area (Å²) < 4.78 is 5.01. The number of hydrogen-bond donors (Lipinski definition) is 1. The zero-order valence-corrected chi connectivity index (χ0v) is 6.59. The van der Waals surface area contributed by atoms with Crippen LogP contribution in [-0.2, 0) is 4.74 Å². The fourth-order valence-electron chi connectivity index (χ4n) is 0.607. The lowest BCUT2D eigenvalue weighted by atomic mass is 10.0. The van der Waals surface area contributed by atoms with Crippen LogP contribution in [0.3, 0.4) is 0 Å². The normalized spacial score (nSPS) is 21.0. The number of aliphatic hydroxyl groups excluding tert-OH is 1. The third-order valence-corrected chi connectivity index (χ3v) is 1.87. The van der Waals surface area contributed by atoms with Crippen LogP contribution in [-0.4, -0.2) is 24.4 Å². The Hall–Kier alpha value is -0.0800. The standard InChI is InChI=1S/C7H16O2/c1-5(6(2)8)7(3)9-4/h5-8H,1-4H3. The van der Waals surface area contributed by atoms with Crippen molar-refractivity contribution in [2.24, 2.45) is 5.92 Å². The van der Waals surface area contributed by atoms with E-state index in [1.807, 2.05) is 13.8 Å². The maximum absolute atomic E-state index is 9.04. The molecule has 0 aromatic rings. The average molecular weight is 132 g/mol. The van der Waals surface area contributed by atoms with Crippen molar-refractivity contribution in [1.29, 1.82) is 0 Å². The molecule has 0 radical (unpaired) electrons. The van der Waals surface area contributed by atoms with Crippen LogP contribution in [0, 0.1) is 5.92 Å². The number of aliphatic hydroxyl groups is 1. The Morgan fingerprint density at radius 3 is 1.78 bits per heavy atom. The molecule has 3 atom stereocenters. The van der Waals surface area contributed by atoms with Gasteiger partial charge in [0.2, 0.25) is 0 Å². The summed E-state index contributed by atoms with van der Waals surface area (Å²) in [4.78, 5) is 0. The van der Waals surface area contributed by atoms with Crippen LogP contribution in [0.4, 0.5) is 0 Å². The summed E-state index contributed by atoms with van der Waals surface area (Å²) in [7, 11) is 1.66. The summed E-state index contributed by atoms with van der Waals surface area (Å²) in [6.45, 7) is 5.70. The summed E-state index contributed by atoms with van der Waals surface area (Å²) in [5, 5.41) is 9.04. The van der Waals surface area contributed by atoms with Gasteiger partial charge in [0.1, 0.15) is 0 Å². The van der Waals surface area contributed by atoms with Gasteiger partial charge in [0.15, 0.2) is 0 Å². The van der Waals surface area contributed by atoms with Crippen molar-refractivity contribution in [3.8, 4) is 0 Å². The van der Waals surface area contributed by atoms with E-state index in [0.717, 1.165) is 0 Å². The van der Waals surface area contributed by atoms with E-state index in [2.05, 4.69) is 0 Å². The predicted molar refractivity (Wildman–Crippen MR) is 37.3 cm³/mol. The topological polar surface area (TPSA) is 29.5 Å². The Labute approximate surface area is 56.8 Å². The third kappa shape index (κ3) is 2.82. The molecule has 1 N–H and O–H groups in total. The van der Waals surface area contributed by atoms with Crippen LogP contribution >= 0.6 is 0 Å². The SMILES string of the molecule is COC(C)C(C)C(C)O. The second-order valence-corrected chi connectivity index (χ2v) is 2.54. The first-order valence-electron chi connectivity index (χ1n) is 3.30. The van der Waals surface area contributed by atoms with Crippen LogP contribution in [0.5, 0.6) is 0 Å². The molecule has 0 aliphatic carbocycles. The molecule has 3 unspecified atom stereocenters. The van der Waals surface area contributed by atoms with E-state index in [4.69, 9.17) is 9.84 Å². The molecule has 0 rings (SSSR count). The molecule has 0 saturated carbocycles. The minimum atomic E-state index is -0.278. The van der Waals surface area contributed by atoms with Gasteiger partial charge in [0, 0.05) is 13.0 Å². The van der Waals surface area contributed by atoms with E-state index < -0.39 is 0 Å². The largest absolute Gasteiger partial charge is 0.393 e. The number of rotatable bonds is 3. The highest BCUT2D eigenvalue weighted by molar-refractivity contribution is 4.65. The van der Waals surface area contributed by atoms with Crippen molar-refractivity contribution >= 4 is 0 Å². The smallest absolute Gasteiger partial charge is 0.0593 e. The Morgan fingerprint density at radius 2 is 1.67 bits per heavy atom. The summed E-state index contributed by atoms with van der Waals surface area (Å²) in [6, 6.07) is 0. The molecule has 0 bridgehead atoms. The highest BCUT2D eigenvalue weighted by atomic mass is 16.5. The molecule has 0 aromatic heterocycles. The van der Waals surface area contributed by atoms with Crippen LogP contribution in [0.25, 0.3) is 0 Å². The lowest BCUT2D eigenvalue weighted by molar-refractivity contribution is 0.0123. The van der Waals surface area contributed by atoms with E-state index in [0.29, 0.717) is 0 Å². The van der Waals surface area contributed by atoms with Gasteiger partial charge < -0.3 is 9.84 Å². The summed E-state index contributed by atoms with van der Waals surface area (Å²) in [5.41, 5.74) is 0. The van der Waals surface area contributed by atoms with E-state index in [1.165, 1.54) is 0 Å². The van der Waals surface area contributed by atoms with Crippen molar-refractivity contribution in [2.75, 3.05) is 7.11 Å². The first kappa shape index (κ1) is 8.92. The Bertz CT molecular complexity index is 71.3. The van der Waals surface area contributed by atoms with E-state index in [9.17, 15) is 0 Å². The Balaban J connectivity index is 3.58. The van der Waals surface area contributed by atoms with Gasteiger partial charge in [0.25, 0.3) is 0 Å². The van der Waals surface area contributed by atoms with Gasteiger partial charge in [-0.15, -0.1) is 0 Å². The molecular weight excluding hydrogens is 116 g/mol. The third-order valence-electron chi connectivity index (χ3n) is 1.87. The highest BCUT2D eigenvalue weighted by Crippen LogP contribution is 2.09. The lowest BCUT2D eigenvalue weighted by Gasteiger charge is -2.20. The number of hydrogen-bond acceptors (Lipinski definition) is 2. The average Bonchev–Trinajstić information content (AvgIpc) is 1.84. The van der Waals surface area contributed by atoms with Crippen LogP contribution in [0.15, 0.2) is 0 Å². The molecule has 0 aliphatic heterocycles. The Kier molecular flexibility index (Phi) is 3.82. The quantitative estimate of drug-likeness (QED) is 0.621. The van der Waals surface area contributed by atoms with Crippen LogP contribution < -0.4 is 0 Å². The molecule has 56 valence electrons. The minimum Gasteiger partial charge on any atom is -0.393 e. The van der Waals surface area contributed by atoms with Gasteiger partial charge in [-0.1, -0.05) is 6.92 Å². The second kappa shape index (κ2) is 3.85. The van der Waals surface area contributed by atoms with Gasteiger partial charge in [0.05, 0.1) is 12.2 Å². The van der Waals surface area contributed by atoms with Gasteiger partial charge in [-0.2, -0.15) is 0 Å². The molecule has 2 heteroatoms. The molecule has 0 saturated heterocycles. The van der Waals surface area contributed by atoms with Gasteiger partial charge in [-0.25, -0.2) is 0 Å². The zero-order chi connectivity index (χ0) is 7.44. The highest BCUT2D eigenvalue weighted by Gasteiger charge is 2.15. The number of ether oxygens (including phenoxy) is 1. The maximum atomic E-state index is 9.04. The maximum Gasteiger partial charge on any atom is 0.0593 e. The van der Waals surface area contributed by atoms with Crippen molar-refractivity contribution < 1.29 is 9.84 Å². The fourth-order valence-corrected chi connectivity index (χ4v) is 0.607. The molecular formula is C7H16O2. The van der Waals surface area contributed by atoms with Gasteiger partial charge >= 0.3 is 0 Å². The molecule has 0 amide bonds. The van der Waals surface area contributed by atoms with Crippen molar-refractivity contribution in [2.45, 2.75) is 33.0 Å². The fraction of sp³-hybridized carbons (Fsp3) is 1.00. The van der Waals surface area contributed by atoms with Crippen molar-refractivity contribution in [1.82, 2.24) is 0 Å². The molecule has 2 nitrogen and oxygen atoms in total. The summed E-state index contributed by atoms with van der Waals surface area (Å²) in [6.07, 6.45) is -0.134. The van der Waals surface area contributed by atoms with Gasteiger partial charge in [-0.05, 0) is 13.8 Å². The summed E-state index contributed by atoms with van der Waals surface area (Å²) in [5.74, 6) is 0.218. The van der Waals surface area contributed by atoms with Crippen molar-refractivity contribution in [3.05, 3.63) is 0 Å². The Morgan fingerprint density at radius 1 is 1.22 bits per heavy atom. The number of methoxy groups -OCH3 is 1. The van der Waals surface area contributed by atoms with E-state index in [1.54, 1.807) is 14.0 Å². The second-order valence-electron chi connectivity index (χ2n) is 2.54. The molecule has 0 aromatic carbocycles.